The minimum absolute atomic E-state index is 0.0513. The fraction of sp³-hybridized carbons (Fsp3) is 0.714. The van der Waals surface area contributed by atoms with Gasteiger partial charge in [-0.2, -0.15) is 5.10 Å². The highest BCUT2D eigenvalue weighted by molar-refractivity contribution is 6.31. The molecule has 0 aliphatic rings. The summed E-state index contributed by atoms with van der Waals surface area (Å²) in [5, 5.41) is 11.2. The third-order valence-corrected chi connectivity index (χ3v) is 3.27. The van der Waals surface area contributed by atoms with Gasteiger partial charge in [0.15, 0.2) is 0 Å². The molecule has 5 nitrogen and oxygen atoms in total. The van der Waals surface area contributed by atoms with Crippen molar-refractivity contribution in [3.05, 3.63) is 16.4 Å². The smallest absolute Gasteiger partial charge is 0.221 e. The van der Waals surface area contributed by atoms with E-state index in [2.05, 4.69) is 15.7 Å². The maximum atomic E-state index is 11.7. The number of carbonyl (C=O) groups excluding carboxylic acids is 1. The van der Waals surface area contributed by atoms with E-state index >= 15 is 0 Å². The third-order valence-electron chi connectivity index (χ3n) is 2.84. The Morgan fingerprint density at radius 1 is 1.40 bits per heavy atom. The number of aromatic nitrogens is 2. The number of carbonyl (C=O) groups is 1. The van der Waals surface area contributed by atoms with E-state index in [4.69, 9.17) is 11.6 Å². The van der Waals surface area contributed by atoms with Crippen molar-refractivity contribution in [2.45, 2.75) is 52.6 Å². The van der Waals surface area contributed by atoms with Crippen molar-refractivity contribution in [2.75, 3.05) is 6.54 Å². The van der Waals surface area contributed by atoms with E-state index in [0.29, 0.717) is 19.5 Å². The Kier molecular flexibility index (Phi) is 6.02. The number of amides is 1. The number of nitrogens with one attached hydrogen (secondary N) is 2. The molecular formula is C14H25ClN4O. The van der Waals surface area contributed by atoms with Gasteiger partial charge in [0, 0.05) is 32.1 Å². The van der Waals surface area contributed by atoms with E-state index in [0.717, 1.165) is 22.8 Å². The average molecular weight is 301 g/mol. The van der Waals surface area contributed by atoms with Crippen LogP contribution in [0.25, 0.3) is 0 Å². The second-order valence-corrected chi connectivity index (χ2v) is 6.29. The van der Waals surface area contributed by atoms with Crippen LogP contribution in [0.15, 0.2) is 0 Å². The summed E-state index contributed by atoms with van der Waals surface area (Å²) in [5.74, 6) is 0.0513. The summed E-state index contributed by atoms with van der Waals surface area (Å²) in [5.41, 5.74) is 1.69. The fourth-order valence-corrected chi connectivity index (χ4v) is 2.26. The summed E-state index contributed by atoms with van der Waals surface area (Å²) in [7, 11) is 1.88. The first-order valence-corrected chi connectivity index (χ1v) is 7.34. The molecule has 2 N–H and O–H groups in total. The van der Waals surface area contributed by atoms with Crippen LogP contribution in [0.3, 0.4) is 0 Å². The van der Waals surface area contributed by atoms with Gasteiger partial charge in [0.1, 0.15) is 0 Å². The topological polar surface area (TPSA) is 59.0 Å². The molecule has 20 heavy (non-hydrogen) atoms. The second kappa shape index (κ2) is 7.09. The first-order valence-electron chi connectivity index (χ1n) is 6.96. The van der Waals surface area contributed by atoms with Gasteiger partial charge in [0.25, 0.3) is 0 Å². The van der Waals surface area contributed by atoms with E-state index in [-0.39, 0.29) is 11.4 Å². The second-order valence-electron chi connectivity index (χ2n) is 5.91. The SMILES string of the molecule is CCc1nn(C)c(CNCCC(=O)NC(C)(C)C)c1Cl. The molecule has 0 aromatic carbocycles. The van der Waals surface area contributed by atoms with Crippen LogP contribution >= 0.6 is 11.6 Å². The van der Waals surface area contributed by atoms with Crippen LogP contribution in [-0.2, 0) is 24.8 Å². The fourth-order valence-electron chi connectivity index (χ4n) is 1.90. The lowest BCUT2D eigenvalue weighted by molar-refractivity contribution is -0.122. The summed E-state index contributed by atoms with van der Waals surface area (Å²) >= 11 is 6.26. The molecule has 6 heteroatoms. The van der Waals surface area contributed by atoms with Gasteiger partial charge in [-0.25, -0.2) is 0 Å². The molecule has 1 heterocycles. The Morgan fingerprint density at radius 2 is 2.05 bits per heavy atom. The number of hydrogen-bond donors (Lipinski definition) is 2. The van der Waals surface area contributed by atoms with Crippen LogP contribution in [0.2, 0.25) is 5.02 Å². The zero-order chi connectivity index (χ0) is 15.3. The molecule has 1 amide bonds. The highest BCUT2D eigenvalue weighted by atomic mass is 35.5. The van der Waals surface area contributed by atoms with Gasteiger partial charge in [-0.15, -0.1) is 0 Å². The zero-order valence-electron chi connectivity index (χ0n) is 13.0. The molecule has 1 aromatic heterocycles. The van der Waals surface area contributed by atoms with Gasteiger partial charge in [-0.05, 0) is 27.2 Å². The van der Waals surface area contributed by atoms with Gasteiger partial charge in [-0.1, -0.05) is 18.5 Å². The zero-order valence-corrected chi connectivity index (χ0v) is 13.8. The molecule has 0 radical (unpaired) electrons. The maximum absolute atomic E-state index is 11.7. The Morgan fingerprint density at radius 3 is 2.55 bits per heavy atom. The van der Waals surface area contributed by atoms with Crippen molar-refractivity contribution in [1.82, 2.24) is 20.4 Å². The lowest BCUT2D eigenvalue weighted by Crippen LogP contribution is -2.41. The molecule has 0 saturated carbocycles. The number of halogens is 1. The van der Waals surface area contributed by atoms with Gasteiger partial charge in [-0.3, -0.25) is 9.48 Å². The van der Waals surface area contributed by atoms with Gasteiger partial charge < -0.3 is 10.6 Å². The van der Waals surface area contributed by atoms with Crippen LogP contribution in [0, 0.1) is 0 Å². The highest BCUT2D eigenvalue weighted by Gasteiger charge is 2.14. The van der Waals surface area contributed by atoms with Crippen molar-refractivity contribution in [3.8, 4) is 0 Å². The predicted molar refractivity (Wildman–Crippen MR) is 81.8 cm³/mol. The van der Waals surface area contributed by atoms with Gasteiger partial charge in [0.2, 0.25) is 5.91 Å². The highest BCUT2D eigenvalue weighted by Crippen LogP contribution is 2.20. The Bertz CT molecular complexity index is 462. The van der Waals surface area contributed by atoms with E-state index in [1.54, 1.807) is 4.68 Å². The monoisotopic (exact) mass is 300 g/mol. The van der Waals surface area contributed by atoms with Crippen molar-refractivity contribution in [3.63, 3.8) is 0 Å². The van der Waals surface area contributed by atoms with Gasteiger partial charge >= 0.3 is 0 Å². The van der Waals surface area contributed by atoms with Crippen LogP contribution in [0.4, 0.5) is 0 Å². The maximum Gasteiger partial charge on any atom is 0.221 e. The largest absolute Gasteiger partial charge is 0.351 e. The number of hydrogen-bond acceptors (Lipinski definition) is 3. The molecule has 0 spiro atoms. The van der Waals surface area contributed by atoms with Crippen molar-refractivity contribution < 1.29 is 4.79 Å². The molecule has 114 valence electrons. The molecule has 0 saturated heterocycles. The summed E-state index contributed by atoms with van der Waals surface area (Å²) in [4.78, 5) is 11.7. The van der Waals surface area contributed by atoms with E-state index in [9.17, 15) is 4.79 Å². The standard InChI is InChI=1S/C14H25ClN4O/c1-6-10-13(15)11(19(5)18-10)9-16-8-7-12(20)17-14(2,3)4/h16H,6-9H2,1-5H3,(H,17,20). The lowest BCUT2D eigenvalue weighted by atomic mass is 10.1. The van der Waals surface area contributed by atoms with E-state index < -0.39 is 0 Å². The molecule has 0 aliphatic heterocycles. The summed E-state index contributed by atoms with van der Waals surface area (Å²) in [6.45, 7) is 9.18. The molecule has 0 bridgehead atoms. The van der Waals surface area contributed by atoms with Gasteiger partial charge in [0.05, 0.1) is 16.4 Å². The van der Waals surface area contributed by atoms with Crippen LogP contribution in [-0.4, -0.2) is 27.8 Å². The lowest BCUT2D eigenvalue weighted by Gasteiger charge is -2.20. The van der Waals surface area contributed by atoms with Crippen LogP contribution in [0.1, 0.15) is 45.5 Å². The van der Waals surface area contributed by atoms with Crippen LogP contribution in [0.5, 0.6) is 0 Å². The Balaban J connectivity index is 2.39. The van der Waals surface area contributed by atoms with E-state index in [1.807, 2.05) is 34.7 Å². The molecule has 1 aromatic rings. The first-order chi connectivity index (χ1) is 9.24. The first kappa shape index (κ1) is 17.0. The number of nitrogens with zero attached hydrogens (tertiary/aromatic N) is 2. The molecular weight excluding hydrogens is 276 g/mol. The Labute approximate surface area is 126 Å². The van der Waals surface area contributed by atoms with Crippen molar-refractivity contribution in [2.24, 2.45) is 7.05 Å². The Hall–Kier alpha value is -1.07. The molecule has 0 unspecified atom stereocenters. The minimum Gasteiger partial charge on any atom is -0.351 e. The van der Waals surface area contributed by atoms with Crippen molar-refractivity contribution in [1.29, 1.82) is 0 Å². The van der Waals surface area contributed by atoms with Crippen LogP contribution < -0.4 is 10.6 Å². The summed E-state index contributed by atoms with van der Waals surface area (Å²) < 4.78 is 1.80. The number of aryl methyl sites for hydroxylation is 2. The molecule has 0 fully saturated rings. The van der Waals surface area contributed by atoms with E-state index in [1.165, 1.54) is 0 Å². The molecule has 0 atom stereocenters. The predicted octanol–water partition coefficient (Wildman–Crippen LogP) is 2.03. The normalized spacial score (nSPS) is 11.7. The quantitative estimate of drug-likeness (QED) is 0.790. The number of rotatable bonds is 6. The molecule has 1 rings (SSSR count). The molecule has 0 aliphatic carbocycles. The summed E-state index contributed by atoms with van der Waals surface area (Å²) in [6, 6.07) is 0. The average Bonchev–Trinajstić information content (AvgIpc) is 2.58. The minimum atomic E-state index is -0.182. The third kappa shape index (κ3) is 5.13. The van der Waals surface area contributed by atoms with Crippen molar-refractivity contribution >= 4 is 17.5 Å². The summed E-state index contributed by atoms with van der Waals surface area (Å²) in [6.07, 6.45) is 1.27.